The van der Waals surface area contributed by atoms with Crippen molar-refractivity contribution in [1.82, 2.24) is 15.1 Å². The lowest BCUT2D eigenvalue weighted by molar-refractivity contribution is 0.0600. The number of hydrogen-bond donors (Lipinski definition) is 2. The predicted octanol–water partition coefficient (Wildman–Crippen LogP) is 1.23. The van der Waals surface area contributed by atoms with Gasteiger partial charge in [0.2, 0.25) is 0 Å². The number of carbonyl (C=O) groups is 2. The zero-order chi connectivity index (χ0) is 17.4. The fourth-order valence-corrected chi connectivity index (χ4v) is 2.59. The second-order valence-corrected chi connectivity index (χ2v) is 5.95. The van der Waals surface area contributed by atoms with Crippen molar-refractivity contribution in [3.05, 3.63) is 29.8 Å². The first kappa shape index (κ1) is 18.2. The standard InChI is InChI=1S/C17H26N4O3/c1-20-9-11-21(12-10-20)8-4-7-18-17(23)19-15-6-3-5-14(13-15)16(22)24-2/h3,5-6,13H,4,7-12H2,1-2H3,(H2,18,19,23). The first-order valence-electron chi connectivity index (χ1n) is 8.22. The highest BCUT2D eigenvalue weighted by Crippen LogP contribution is 2.11. The largest absolute Gasteiger partial charge is 0.465 e. The van der Waals surface area contributed by atoms with Gasteiger partial charge in [0.25, 0.3) is 0 Å². The zero-order valence-electron chi connectivity index (χ0n) is 14.4. The number of rotatable bonds is 6. The Kier molecular flexibility index (Phi) is 7.02. The van der Waals surface area contributed by atoms with Crippen LogP contribution < -0.4 is 10.6 Å². The summed E-state index contributed by atoms with van der Waals surface area (Å²) in [5.41, 5.74) is 0.972. The van der Waals surface area contributed by atoms with Crippen LogP contribution in [0.1, 0.15) is 16.8 Å². The van der Waals surface area contributed by atoms with E-state index in [0.29, 0.717) is 17.8 Å². The van der Waals surface area contributed by atoms with E-state index in [9.17, 15) is 9.59 Å². The van der Waals surface area contributed by atoms with E-state index in [2.05, 4.69) is 32.2 Å². The van der Waals surface area contributed by atoms with Gasteiger partial charge < -0.3 is 25.2 Å². The van der Waals surface area contributed by atoms with Crippen molar-refractivity contribution < 1.29 is 14.3 Å². The molecule has 1 fully saturated rings. The topological polar surface area (TPSA) is 73.9 Å². The quantitative estimate of drug-likeness (QED) is 0.605. The van der Waals surface area contributed by atoms with E-state index in [1.165, 1.54) is 7.11 Å². The Bertz CT molecular complexity index is 557. The zero-order valence-corrected chi connectivity index (χ0v) is 14.4. The molecule has 1 heterocycles. The van der Waals surface area contributed by atoms with Crippen LogP contribution in [-0.4, -0.2) is 75.2 Å². The van der Waals surface area contributed by atoms with E-state index >= 15 is 0 Å². The Hall–Kier alpha value is -2.12. The number of nitrogens with one attached hydrogen (secondary N) is 2. The van der Waals surface area contributed by atoms with Gasteiger partial charge in [0.15, 0.2) is 0 Å². The second-order valence-electron chi connectivity index (χ2n) is 5.95. The van der Waals surface area contributed by atoms with E-state index in [1.54, 1.807) is 24.3 Å². The van der Waals surface area contributed by atoms with Crippen LogP contribution in [0.25, 0.3) is 0 Å². The number of likely N-dealkylation sites (N-methyl/N-ethyl adjacent to an activating group) is 1. The lowest BCUT2D eigenvalue weighted by Crippen LogP contribution is -2.45. The molecule has 132 valence electrons. The third-order valence-electron chi connectivity index (χ3n) is 4.07. The molecule has 0 bridgehead atoms. The van der Waals surface area contributed by atoms with Crippen molar-refractivity contribution in [2.24, 2.45) is 0 Å². The first-order chi connectivity index (χ1) is 11.6. The minimum Gasteiger partial charge on any atom is -0.465 e. The maximum absolute atomic E-state index is 11.9. The van der Waals surface area contributed by atoms with Crippen LogP contribution in [-0.2, 0) is 4.74 Å². The molecule has 2 N–H and O–H groups in total. The fourth-order valence-electron chi connectivity index (χ4n) is 2.59. The molecule has 0 atom stereocenters. The Morgan fingerprint density at radius 1 is 1.21 bits per heavy atom. The third-order valence-corrected chi connectivity index (χ3v) is 4.07. The number of piperazine rings is 1. The van der Waals surface area contributed by atoms with Crippen LogP contribution in [0.15, 0.2) is 24.3 Å². The highest BCUT2D eigenvalue weighted by atomic mass is 16.5. The van der Waals surface area contributed by atoms with Gasteiger partial charge in [0, 0.05) is 38.4 Å². The highest BCUT2D eigenvalue weighted by Gasteiger charge is 2.13. The van der Waals surface area contributed by atoms with Gasteiger partial charge in [-0.3, -0.25) is 0 Å². The van der Waals surface area contributed by atoms with Crippen molar-refractivity contribution in [3.8, 4) is 0 Å². The molecule has 0 radical (unpaired) electrons. The third kappa shape index (κ3) is 5.82. The summed E-state index contributed by atoms with van der Waals surface area (Å²) in [6.07, 6.45) is 0.916. The smallest absolute Gasteiger partial charge is 0.337 e. The Morgan fingerprint density at radius 2 is 1.96 bits per heavy atom. The molecule has 0 aromatic heterocycles. The highest BCUT2D eigenvalue weighted by molar-refractivity contribution is 5.93. The Balaban J connectivity index is 1.67. The van der Waals surface area contributed by atoms with Crippen LogP contribution >= 0.6 is 0 Å². The molecule has 0 spiro atoms. The molecule has 1 aromatic rings. The van der Waals surface area contributed by atoms with Gasteiger partial charge in [0.05, 0.1) is 12.7 Å². The molecule has 1 aliphatic rings. The van der Waals surface area contributed by atoms with Gasteiger partial charge in [-0.05, 0) is 38.2 Å². The number of esters is 1. The molecular weight excluding hydrogens is 308 g/mol. The summed E-state index contributed by atoms with van der Waals surface area (Å²) in [6.45, 7) is 5.99. The first-order valence-corrected chi connectivity index (χ1v) is 8.22. The fraction of sp³-hybridized carbons (Fsp3) is 0.529. The van der Waals surface area contributed by atoms with Gasteiger partial charge in [-0.25, -0.2) is 9.59 Å². The molecule has 24 heavy (non-hydrogen) atoms. The second kappa shape index (κ2) is 9.24. The van der Waals surface area contributed by atoms with Crippen molar-refractivity contribution in [2.45, 2.75) is 6.42 Å². The molecule has 7 nitrogen and oxygen atoms in total. The van der Waals surface area contributed by atoms with E-state index in [0.717, 1.165) is 39.1 Å². The van der Waals surface area contributed by atoms with E-state index in [-0.39, 0.29) is 6.03 Å². The monoisotopic (exact) mass is 334 g/mol. The average molecular weight is 334 g/mol. The molecule has 0 saturated carbocycles. The number of ether oxygens (including phenoxy) is 1. The van der Waals surface area contributed by atoms with Gasteiger partial charge in [-0.15, -0.1) is 0 Å². The summed E-state index contributed by atoms with van der Waals surface area (Å²) in [6, 6.07) is 6.40. The van der Waals surface area contributed by atoms with Gasteiger partial charge in [0.1, 0.15) is 0 Å². The molecular formula is C17H26N4O3. The molecule has 2 amide bonds. The average Bonchev–Trinajstić information content (AvgIpc) is 2.60. The summed E-state index contributed by atoms with van der Waals surface area (Å²) in [5.74, 6) is -0.425. The number of nitrogens with zero attached hydrogens (tertiary/aromatic N) is 2. The number of methoxy groups -OCH3 is 1. The minimum atomic E-state index is -0.425. The number of anilines is 1. The van der Waals surface area contributed by atoms with Crippen molar-refractivity contribution in [2.75, 3.05) is 58.7 Å². The van der Waals surface area contributed by atoms with Crippen LogP contribution in [0.2, 0.25) is 0 Å². The van der Waals surface area contributed by atoms with Crippen LogP contribution in [0, 0.1) is 0 Å². The van der Waals surface area contributed by atoms with E-state index in [4.69, 9.17) is 0 Å². The van der Waals surface area contributed by atoms with Crippen molar-refractivity contribution >= 4 is 17.7 Å². The van der Waals surface area contributed by atoms with Gasteiger partial charge >= 0.3 is 12.0 Å². The summed E-state index contributed by atoms with van der Waals surface area (Å²) < 4.78 is 4.67. The minimum absolute atomic E-state index is 0.268. The van der Waals surface area contributed by atoms with Crippen molar-refractivity contribution in [3.63, 3.8) is 0 Å². The molecule has 1 saturated heterocycles. The lowest BCUT2D eigenvalue weighted by Gasteiger charge is -2.32. The predicted molar refractivity (Wildman–Crippen MR) is 93.4 cm³/mol. The maximum atomic E-state index is 11.9. The number of amides is 2. The summed E-state index contributed by atoms with van der Waals surface area (Å²) in [4.78, 5) is 28.1. The molecule has 2 rings (SSSR count). The van der Waals surface area contributed by atoms with Crippen LogP contribution in [0.4, 0.5) is 10.5 Å². The van der Waals surface area contributed by atoms with E-state index < -0.39 is 5.97 Å². The molecule has 0 unspecified atom stereocenters. The molecule has 1 aromatic carbocycles. The lowest BCUT2D eigenvalue weighted by atomic mass is 10.2. The van der Waals surface area contributed by atoms with Gasteiger partial charge in [-0.1, -0.05) is 6.07 Å². The summed E-state index contributed by atoms with van der Waals surface area (Å²) in [5, 5.41) is 5.57. The Morgan fingerprint density at radius 3 is 2.67 bits per heavy atom. The number of benzene rings is 1. The maximum Gasteiger partial charge on any atom is 0.337 e. The molecule has 1 aliphatic heterocycles. The molecule has 0 aliphatic carbocycles. The summed E-state index contributed by atoms with van der Waals surface area (Å²) in [7, 11) is 3.47. The SMILES string of the molecule is COC(=O)c1cccc(NC(=O)NCCCN2CCN(C)CC2)c1. The van der Waals surface area contributed by atoms with Crippen LogP contribution in [0.5, 0.6) is 0 Å². The molecule has 7 heteroatoms. The Labute approximate surface area is 142 Å². The van der Waals surface area contributed by atoms with Crippen LogP contribution in [0.3, 0.4) is 0 Å². The number of carbonyl (C=O) groups excluding carboxylic acids is 2. The van der Waals surface area contributed by atoms with Crippen molar-refractivity contribution in [1.29, 1.82) is 0 Å². The van der Waals surface area contributed by atoms with Gasteiger partial charge in [-0.2, -0.15) is 0 Å². The number of urea groups is 1. The summed E-state index contributed by atoms with van der Waals surface area (Å²) >= 11 is 0. The van der Waals surface area contributed by atoms with E-state index in [1.807, 2.05) is 0 Å². The normalized spacial score (nSPS) is 15.8. The number of hydrogen-bond acceptors (Lipinski definition) is 5.